The predicted octanol–water partition coefficient (Wildman–Crippen LogP) is 2.53. The molecule has 3 rings (SSSR count). The van der Waals surface area contributed by atoms with Crippen molar-refractivity contribution in [3.63, 3.8) is 0 Å². The summed E-state index contributed by atoms with van der Waals surface area (Å²) < 4.78 is 0. The summed E-state index contributed by atoms with van der Waals surface area (Å²) in [4.78, 5) is 6.84. The molecule has 0 saturated heterocycles. The van der Waals surface area contributed by atoms with Crippen LogP contribution in [0.2, 0.25) is 0 Å². The van der Waals surface area contributed by atoms with Gasteiger partial charge in [0, 0.05) is 18.8 Å². The molecule has 18 heavy (non-hydrogen) atoms. The molecule has 0 aliphatic carbocycles. The third kappa shape index (κ3) is 1.92. The number of hydrogen-bond acceptors (Lipinski definition) is 3. The van der Waals surface area contributed by atoms with Crippen molar-refractivity contribution < 1.29 is 0 Å². The zero-order valence-corrected chi connectivity index (χ0v) is 10.6. The second-order valence-electron chi connectivity index (χ2n) is 4.81. The smallest absolute Gasteiger partial charge is 0.152 e. The molecule has 2 N–H and O–H groups in total. The van der Waals surface area contributed by atoms with Crippen LogP contribution in [0.4, 0.5) is 11.5 Å². The van der Waals surface area contributed by atoms with Crippen LogP contribution in [-0.4, -0.2) is 11.5 Å². The lowest BCUT2D eigenvalue weighted by molar-refractivity contribution is 0.721. The summed E-state index contributed by atoms with van der Waals surface area (Å²) in [6.45, 7) is 3.88. The summed E-state index contributed by atoms with van der Waals surface area (Å²) in [5.74, 6) is 0.921. The Morgan fingerprint density at radius 2 is 1.89 bits per heavy atom. The van der Waals surface area contributed by atoms with Crippen molar-refractivity contribution >= 4 is 11.5 Å². The second-order valence-corrected chi connectivity index (χ2v) is 4.81. The first-order valence-corrected chi connectivity index (χ1v) is 6.29. The molecule has 3 heteroatoms. The largest absolute Gasteiger partial charge is 0.396 e. The summed E-state index contributed by atoms with van der Waals surface area (Å²) in [5, 5.41) is 0. The molecule has 92 valence electrons. The average molecular weight is 239 g/mol. The van der Waals surface area contributed by atoms with E-state index in [4.69, 9.17) is 5.73 Å². The van der Waals surface area contributed by atoms with Crippen molar-refractivity contribution in [3.05, 3.63) is 53.2 Å². The van der Waals surface area contributed by atoms with E-state index in [1.165, 1.54) is 11.1 Å². The van der Waals surface area contributed by atoms with Crippen LogP contribution in [0.5, 0.6) is 0 Å². The van der Waals surface area contributed by atoms with Gasteiger partial charge in [-0.1, -0.05) is 24.3 Å². The number of aryl methyl sites for hydroxylation is 1. The second kappa shape index (κ2) is 4.33. The Morgan fingerprint density at radius 1 is 1.11 bits per heavy atom. The van der Waals surface area contributed by atoms with E-state index in [2.05, 4.69) is 34.1 Å². The number of aromatic nitrogens is 1. The molecule has 1 aliphatic heterocycles. The Kier molecular flexibility index (Phi) is 2.67. The average Bonchev–Trinajstić information content (AvgIpc) is 2.41. The van der Waals surface area contributed by atoms with Gasteiger partial charge in [0.1, 0.15) is 0 Å². The molecule has 0 radical (unpaired) electrons. The van der Waals surface area contributed by atoms with E-state index in [1.54, 1.807) is 0 Å². The van der Waals surface area contributed by atoms with Crippen molar-refractivity contribution in [1.82, 2.24) is 4.98 Å². The highest BCUT2D eigenvalue weighted by molar-refractivity contribution is 5.63. The van der Waals surface area contributed by atoms with Gasteiger partial charge in [-0.05, 0) is 36.6 Å². The molecule has 1 aliphatic rings. The topological polar surface area (TPSA) is 42.1 Å². The monoisotopic (exact) mass is 239 g/mol. The van der Waals surface area contributed by atoms with Gasteiger partial charge >= 0.3 is 0 Å². The molecule has 1 aromatic carbocycles. The zero-order chi connectivity index (χ0) is 12.5. The lowest BCUT2D eigenvalue weighted by Gasteiger charge is -2.30. The van der Waals surface area contributed by atoms with Crippen LogP contribution in [-0.2, 0) is 13.0 Å². The van der Waals surface area contributed by atoms with Crippen molar-refractivity contribution in [2.75, 3.05) is 17.2 Å². The number of nitrogens with two attached hydrogens (primary N) is 1. The minimum absolute atomic E-state index is 0.764. The molecule has 0 amide bonds. The fourth-order valence-electron chi connectivity index (χ4n) is 2.48. The number of rotatable bonds is 1. The Hall–Kier alpha value is -2.03. The number of fused-ring (bicyclic) bond motifs is 1. The van der Waals surface area contributed by atoms with Crippen molar-refractivity contribution in [1.29, 1.82) is 0 Å². The van der Waals surface area contributed by atoms with Crippen LogP contribution in [0, 0.1) is 6.92 Å². The van der Waals surface area contributed by atoms with Crippen molar-refractivity contribution in [3.8, 4) is 0 Å². The highest BCUT2D eigenvalue weighted by Crippen LogP contribution is 2.27. The maximum atomic E-state index is 6.04. The molecule has 0 fully saturated rings. The summed E-state index contributed by atoms with van der Waals surface area (Å²) in [5.41, 5.74) is 10.6. The standard InChI is InChI=1S/C15H17N3/c1-11-6-7-14(16)15(17-11)18-9-8-12-4-2-3-5-13(12)10-18/h2-7H,8-10,16H2,1H3. The number of hydrogen-bond donors (Lipinski definition) is 1. The lowest BCUT2D eigenvalue weighted by Crippen LogP contribution is -2.31. The van der Waals surface area contributed by atoms with Crippen LogP contribution in [0.1, 0.15) is 16.8 Å². The van der Waals surface area contributed by atoms with Crippen LogP contribution >= 0.6 is 0 Å². The SMILES string of the molecule is Cc1ccc(N)c(N2CCc3ccccc3C2)n1. The fourth-order valence-corrected chi connectivity index (χ4v) is 2.48. The summed E-state index contributed by atoms with van der Waals surface area (Å²) in [6.07, 6.45) is 1.06. The minimum atomic E-state index is 0.764. The highest BCUT2D eigenvalue weighted by atomic mass is 15.2. The van der Waals surface area contributed by atoms with Crippen LogP contribution in [0.25, 0.3) is 0 Å². The minimum Gasteiger partial charge on any atom is -0.396 e. The van der Waals surface area contributed by atoms with Gasteiger partial charge < -0.3 is 10.6 Å². The first-order chi connectivity index (χ1) is 8.74. The number of nitrogens with zero attached hydrogens (tertiary/aromatic N) is 2. The number of anilines is 2. The Morgan fingerprint density at radius 3 is 2.72 bits per heavy atom. The fraction of sp³-hybridized carbons (Fsp3) is 0.267. The first-order valence-electron chi connectivity index (χ1n) is 6.29. The van der Waals surface area contributed by atoms with E-state index in [0.29, 0.717) is 0 Å². The zero-order valence-electron chi connectivity index (χ0n) is 10.6. The number of pyridine rings is 1. The van der Waals surface area contributed by atoms with Gasteiger partial charge in [0.25, 0.3) is 0 Å². The first kappa shape index (κ1) is 11.1. The van der Waals surface area contributed by atoms with Gasteiger partial charge in [0.15, 0.2) is 5.82 Å². The van der Waals surface area contributed by atoms with Crippen LogP contribution in [0.15, 0.2) is 36.4 Å². The predicted molar refractivity (Wildman–Crippen MR) is 74.6 cm³/mol. The normalized spacial score (nSPS) is 14.4. The van der Waals surface area contributed by atoms with Gasteiger partial charge in [-0.2, -0.15) is 0 Å². The van der Waals surface area contributed by atoms with Gasteiger partial charge in [-0.15, -0.1) is 0 Å². The molecule has 0 unspecified atom stereocenters. The Balaban J connectivity index is 1.94. The quantitative estimate of drug-likeness (QED) is 0.831. The molecule has 0 spiro atoms. The van der Waals surface area contributed by atoms with E-state index in [1.807, 2.05) is 19.1 Å². The molecule has 0 saturated carbocycles. The van der Waals surface area contributed by atoms with Crippen molar-refractivity contribution in [2.24, 2.45) is 0 Å². The lowest BCUT2D eigenvalue weighted by atomic mass is 10.00. The van der Waals surface area contributed by atoms with Crippen LogP contribution < -0.4 is 10.6 Å². The molecule has 0 bridgehead atoms. The Labute approximate surface area is 107 Å². The summed E-state index contributed by atoms with van der Waals surface area (Å²) in [7, 11) is 0. The summed E-state index contributed by atoms with van der Waals surface area (Å²) in [6, 6.07) is 12.5. The van der Waals surface area contributed by atoms with Gasteiger partial charge in [0.2, 0.25) is 0 Å². The van der Waals surface area contributed by atoms with E-state index in [9.17, 15) is 0 Å². The van der Waals surface area contributed by atoms with Gasteiger partial charge in [-0.3, -0.25) is 0 Å². The third-order valence-electron chi connectivity index (χ3n) is 3.47. The van der Waals surface area contributed by atoms with Gasteiger partial charge in [-0.25, -0.2) is 4.98 Å². The van der Waals surface area contributed by atoms with Crippen LogP contribution in [0.3, 0.4) is 0 Å². The van der Waals surface area contributed by atoms with E-state index < -0.39 is 0 Å². The summed E-state index contributed by atoms with van der Waals surface area (Å²) >= 11 is 0. The molecule has 1 aromatic heterocycles. The molecule has 3 nitrogen and oxygen atoms in total. The Bertz CT molecular complexity index is 578. The molecular formula is C15H17N3. The van der Waals surface area contributed by atoms with E-state index in [0.717, 1.165) is 36.7 Å². The maximum absolute atomic E-state index is 6.04. The molecule has 2 aromatic rings. The maximum Gasteiger partial charge on any atom is 0.152 e. The number of benzene rings is 1. The van der Waals surface area contributed by atoms with Gasteiger partial charge in [0.05, 0.1) is 5.69 Å². The molecule has 2 heterocycles. The molecular weight excluding hydrogens is 222 g/mol. The highest BCUT2D eigenvalue weighted by Gasteiger charge is 2.18. The van der Waals surface area contributed by atoms with E-state index in [-0.39, 0.29) is 0 Å². The van der Waals surface area contributed by atoms with Crippen molar-refractivity contribution in [2.45, 2.75) is 19.9 Å². The molecule has 0 atom stereocenters. The third-order valence-corrected chi connectivity index (χ3v) is 3.47. The number of nitrogen functional groups attached to an aromatic ring is 1. The van der Waals surface area contributed by atoms with E-state index >= 15 is 0 Å².